The normalized spacial score (nSPS) is 16.6. The lowest BCUT2D eigenvalue weighted by molar-refractivity contribution is 0.0631. The minimum Gasteiger partial charge on any atom is -0.471 e. The molecular weight excluding hydrogens is 230 g/mol. The Morgan fingerprint density at radius 1 is 1.39 bits per heavy atom. The van der Waals surface area contributed by atoms with Gasteiger partial charge in [0.2, 0.25) is 5.88 Å². The van der Waals surface area contributed by atoms with Gasteiger partial charge in [0, 0.05) is 19.2 Å². The van der Waals surface area contributed by atoms with E-state index in [1.165, 1.54) is 12.8 Å². The molecule has 0 bridgehead atoms. The summed E-state index contributed by atoms with van der Waals surface area (Å²) in [7, 11) is 0. The van der Waals surface area contributed by atoms with Crippen molar-refractivity contribution < 1.29 is 9.47 Å². The average Bonchev–Trinajstić information content (AvgIpc) is 3.20. The molecule has 1 fully saturated rings. The summed E-state index contributed by atoms with van der Waals surface area (Å²) >= 11 is 0. The van der Waals surface area contributed by atoms with Crippen LogP contribution in [0.2, 0.25) is 0 Å². The molecule has 0 amide bonds. The molecule has 1 aromatic heterocycles. The van der Waals surface area contributed by atoms with Gasteiger partial charge in [0.15, 0.2) is 0 Å². The molecule has 0 spiro atoms. The fraction of sp³-hybridized carbons (Fsp3) is 0.692. The molecule has 1 atom stereocenters. The molecule has 1 saturated carbocycles. The predicted octanol–water partition coefficient (Wildman–Crippen LogP) is 1.53. The van der Waals surface area contributed by atoms with E-state index in [4.69, 9.17) is 9.47 Å². The number of hydrogen-bond acceptors (Lipinski definition) is 5. The van der Waals surface area contributed by atoms with Gasteiger partial charge in [-0.3, -0.25) is 4.98 Å². The molecule has 5 heteroatoms. The number of ether oxygens (including phenoxy) is 2. The molecule has 100 valence electrons. The molecule has 18 heavy (non-hydrogen) atoms. The highest BCUT2D eigenvalue weighted by atomic mass is 16.5. The second-order valence-corrected chi connectivity index (χ2v) is 4.59. The highest BCUT2D eigenvalue weighted by molar-refractivity contribution is 5.07. The van der Waals surface area contributed by atoms with Crippen molar-refractivity contribution in [3.63, 3.8) is 0 Å². The van der Waals surface area contributed by atoms with Crippen LogP contribution in [0.15, 0.2) is 12.4 Å². The Kier molecular flexibility index (Phi) is 4.90. The number of nitrogens with zero attached hydrogens (tertiary/aromatic N) is 2. The third kappa shape index (κ3) is 4.58. The Hall–Kier alpha value is -1.20. The lowest BCUT2D eigenvalue weighted by Crippen LogP contribution is -2.20. The molecule has 1 heterocycles. The third-order valence-electron chi connectivity index (χ3n) is 2.71. The van der Waals surface area contributed by atoms with Gasteiger partial charge >= 0.3 is 0 Å². The smallest absolute Gasteiger partial charge is 0.232 e. The molecule has 0 aromatic carbocycles. The van der Waals surface area contributed by atoms with Crippen molar-refractivity contribution in [2.45, 2.75) is 45.4 Å². The lowest BCUT2D eigenvalue weighted by Gasteiger charge is -2.13. The van der Waals surface area contributed by atoms with Crippen LogP contribution in [0.3, 0.4) is 0 Å². The number of nitrogens with one attached hydrogen (secondary N) is 1. The molecule has 1 aliphatic rings. The largest absolute Gasteiger partial charge is 0.471 e. The van der Waals surface area contributed by atoms with E-state index in [0.717, 1.165) is 12.2 Å². The molecule has 1 aliphatic carbocycles. The highest BCUT2D eigenvalue weighted by Crippen LogP contribution is 2.19. The maximum Gasteiger partial charge on any atom is 0.232 e. The minimum absolute atomic E-state index is 0.00492. The van der Waals surface area contributed by atoms with Gasteiger partial charge in [-0.15, -0.1) is 0 Å². The fourth-order valence-corrected chi connectivity index (χ4v) is 1.56. The van der Waals surface area contributed by atoms with E-state index >= 15 is 0 Å². The second-order valence-electron chi connectivity index (χ2n) is 4.59. The van der Waals surface area contributed by atoms with Gasteiger partial charge in [-0.2, -0.15) is 0 Å². The Labute approximate surface area is 108 Å². The molecule has 0 saturated heterocycles. The summed E-state index contributed by atoms with van der Waals surface area (Å²) in [5.74, 6) is 0.553. The van der Waals surface area contributed by atoms with Crippen molar-refractivity contribution in [2.24, 2.45) is 0 Å². The minimum atomic E-state index is -0.00492. The molecule has 1 unspecified atom stereocenters. The van der Waals surface area contributed by atoms with Crippen LogP contribution in [0.1, 0.15) is 32.4 Å². The van der Waals surface area contributed by atoms with Crippen LogP contribution in [0.4, 0.5) is 0 Å². The SMILES string of the molecule is CCOCC(C)Oc1cnc(CNC2CC2)cn1. The summed E-state index contributed by atoms with van der Waals surface area (Å²) in [6.07, 6.45) is 5.99. The van der Waals surface area contributed by atoms with Crippen molar-refractivity contribution in [3.05, 3.63) is 18.1 Å². The number of hydrogen-bond donors (Lipinski definition) is 1. The van der Waals surface area contributed by atoms with E-state index < -0.39 is 0 Å². The van der Waals surface area contributed by atoms with Crippen molar-refractivity contribution >= 4 is 0 Å². The van der Waals surface area contributed by atoms with Crippen molar-refractivity contribution in [3.8, 4) is 5.88 Å². The average molecular weight is 251 g/mol. The zero-order valence-electron chi connectivity index (χ0n) is 11.1. The molecular formula is C13H21N3O2. The molecule has 0 aliphatic heterocycles. The number of rotatable bonds is 8. The molecule has 1 aromatic rings. The monoisotopic (exact) mass is 251 g/mol. The van der Waals surface area contributed by atoms with Gasteiger partial charge < -0.3 is 14.8 Å². The summed E-state index contributed by atoms with van der Waals surface area (Å²) < 4.78 is 10.9. The quantitative estimate of drug-likeness (QED) is 0.759. The van der Waals surface area contributed by atoms with Gasteiger partial charge in [-0.25, -0.2) is 4.98 Å². The fourth-order valence-electron chi connectivity index (χ4n) is 1.56. The Balaban J connectivity index is 1.75. The third-order valence-corrected chi connectivity index (χ3v) is 2.71. The van der Waals surface area contributed by atoms with Crippen LogP contribution >= 0.6 is 0 Å². The summed E-state index contributed by atoms with van der Waals surface area (Å²) in [4.78, 5) is 8.57. The maximum atomic E-state index is 5.59. The first-order chi connectivity index (χ1) is 8.78. The maximum absolute atomic E-state index is 5.59. The summed E-state index contributed by atoms with van der Waals surface area (Å²) in [5.41, 5.74) is 0.951. The van der Waals surface area contributed by atoms with E-state index in [2.05, 4.69) is 15.3 Å². The first kappa shape index (κ1) is 13.2. The lowest BCUT2D eigenvalue weighted by atomic mass is 10.4. The summed E-state index contributed by atoms with van der Waals surface area (Å²) in [6, 6.07) is 0.689. The van der Waals surface area contributed by atoms with Gasteiger partial charge in [-0.1, -0.05) is 0 Å². The van der Waals surface area contributed by atoms with E-state index in [-0.39, 0.29) is 6.10 Å². The van der Waals surface area contributed by atoms with Crippen LogP contribution in [-0.4, -0.2) is 35.3 Å². The standard InChI is InChI=1S/C13H21N3O2/c1-3-17-9-10(2)18-13-8-15-12(7-16-13)6-14-11-4-5-11/h7-8,10-11,14H,3-6,9H2,1-2H3. The number of aromatic nitrogens is 2. The van der Waals surface area contributed by atoms with Gasteiger partial charge in [0.1, 0.15) is 6.10 Å². The van der Waals surface area contributed by atoms with E-state index in [1.807, 2.05) is 13.8 Å². The Morgan fingerprint density at radius 3 is 2.83 bits per heavy atom. The van der Waals surface area contributed by atoms with Crippen LogP contribution in [-0.2, 0) is 11.3 Å². The summed E-state index contributed by atoms with van der Waals surface area (Å²) in [6.45, 7) is 5.98. The second kappa shape index (κ2) is 6.66. The van der Waals surface area contributed by atoms with Crippen molar-refractivity contribution in [2.75, 3.05) is 13.2 Å². The zero-order valence-corrected chi connectivity index (χ0v) is 11.1. The van der Waals surface area contributed by atoms with Crippen molar-refractivity contribution in [1.82, 2.24) is 15.3 Å². The van der Waals surface area contributed by atoms with Gasteiger partial charge in [0.25, 0.3) is 0 Å². The first-order valence-corrected chi connectivity index (χ1v) is 6.56. The van der Waals surface area contributed by atoms with Crippen LogP contribution in [0, 0.1) is 0 Å². The Bertz CT molecular complexity index is 352. The van der Waals surface area contributed by atoms with Crippen LogP contribution in [0.5, 0.6) is 5.88 Å². The van der Waals surface area contributed by atoms with Crippen LogP contribution < -0.4 is 10.1 Å². The van der Waals surface area contributed by atoms with E-state index in [9.17, 15) is 0 Å². The molecule has 1 N–H and O–H groups in total. The first-order valence-electron chi connectivity index (χ1n) is 6.56. The highest BCUT2D eigenvalue weighted by Gasteiger charge is 2.20. The van der Waals surface area contributed by atoms with E-state index in [1.54, 1.807) is 12.4 Å². The molecule has 2 rings (SSSR count). The predicted molar refractivity (Wildman–Crippen MR) is 68.5 cm³/mol. The molecule has 0 radical (unpaired) electrons. The zero-order chi connectivity index (χ0) is 12.8. The van der Waals surface area contributed by atoms with E-state index in [0.29, 0.717) is 25.1 Å². The topological polar surface area (TPSA) is 56.3 Å². The summed E-state index contributed by atoms with van der Waals surface area (Å²) in [5, 5.41) is 3.40. The molecule has 5 nitrogen and oxygen atoms in total. The Morgan fingerprint density at radius 2 is 2.22 bits per heavy atom. The van der Waals surface area contributed by atoms with Crippen molar-refractivity contribution in [1.29, 1.82) is 0 Å². The van der Waals surface area contributed by atoms with Gasteiger partial charge in [-0.05, 0) is 26.7 Å². The van der Waals surface area contributed by atoms with Gasteiger partial charge in [0.05, 0.1) is 24.7 Å². The van der Waals surface area contributed by atoms with Crippen LogP contribution in [0.25, 0.3) is 0 Å².